The Labute approximate surface area is 164 Å². The Morgan fingerprint density at radius 2 is 1.96 bits per heavy atom. The molecule has 24 heavy (non-hydrogen) atoms. The Bertz CT molecular complexity index is 684. The molecule has 0 saturated carbocycles. The number of amides is 1. The van der Waals surface area contributed by atoms with Gasteiger partial charge in [-0.3, -0.25) is 9.69 Å². The number of aliphatic carboxylic acids is 1. The second-order valence-corrected chi connectivity index (χ2v) is 5.62. The van der Waals surface area contributed by atoms with Crippen molar-refractivity contribution in [3.63, 3.8) is 0 Å². The first kappa shape index (κ1) is 20.5. The molecule has 124 valence electrons. The van der Waals surface area contributed by atoms with E-state index in [4.69, 9.17) is 0 Å². The van der Waals surface area contributed by atoms with Crippen molar-refractivity contribution in [2.45, 2.75) is 38.6 Å². The third kappa shape index (κ3) is 3.74. The Morgan fingerprint density at radius 3 is 2.50 bits per heavy atom. The number of nitrogens with zero attached hydrogens (tertiary/aromatic N) is 1. The molecule has 0 aromatic heterocycles. The van der Waals surface area contributed by atoms with Crippen molar-refractivity contribution in [2.75, 3.05) is 4.90 Å². The van der Waals surface area contributed by atoms with Crippen LogP contribution in [0.4, 0.5) is 5.69 Å². The molecule has 2 N–H and O–H groups in total. The van der Waals surface area contributed by atoms with Gasteiger partial charge in [-0.1, -0.05) is 12.2 Å². The van der Waals surface area contributed by atoms with Gasteiger partial charge in [0.1, 0.15) is 11.8 Å². The molecule has 5 nitrogen and oxygen atoms in total. The summed E-state index contributed by atoms with van der Waals surface area (Å²) < 4.78 is 0. The van der Waals surface area contributed by atoms with Crippen LogP contribution in [0.3, 0.4) is 0 Å². The number of phenolic OH excluding ortho intramolecular Hbond substituents is 1. The van der Waals surface area contributed by atoms with Gasteiger partial charge in [-0.15, -0.1) is 13.2 Å². The van der Waals surface area contributed by atoms with Crippen LogP contribution in [0.1, 0.15) is 30.0 Å². The van der Waals surface area contributed by atoms with Crippen LogP contribution in [0.15, 0.2) is 31.4 Å². The molecule has 2 rings (SSSR count). The van der Waals surface area contributed by atoms with E-state index in [9.17, 15) is 19.8 Å². The summed E-state index contributed by atoms with van der Waals surface area (Å²) in [4.78, 5) is 25.0. The Hall–Kier alpha value is -1.56. The van der Waals surface area contributed by atoms with Gasteiger partial charge in [-0.25, -0.2) is 4.79 Å². The average Bonchev–Trinajstić information content (AvgIpc) is 2.51. The fourth-order valence-electron chi connectivity index (χ4n) is 3.00. The van der Waals surface area contributed by atoms with Gasteiger partial charge in [0.15, 0.2) is 0 Å². The number of phenols is 1. The Kier molecular flexibility index (Phi) is 7.27. The van der Waals surface area contributed by atoms with E-state index in [0.717, 1.165) is 5.56 Å². The SMILES string of the molecule is C=CCc1cc2c(c(CC=C)c1O)CCC(=O)N2C(C)C(=O)O.[NaH]. The van der Waals surface area contributed by atoms with Crippen molar-refractivity contribution in [1.29, 1.82) is 0 Å². The normalized spacial score (nSPS) is 14.4. The number of carboxylic acid groups (broad SMARTS) is 1. The number of allylic oxidation sites excluding steroid dienone is 2. The van der Waals surface area contributed by atoms with Crippen LogP contribution in [0.5, 0.6) is 5.75 Å². The number of benzene rings is 1. The van der Waals surface area contributed by atoms with E-state index in [1.54, 1.807) is 18.2 Å². The van der Waals surface area contributed by atoms with Crippen molar-refractivity contribution in [1.82, 2.24) is 0 Å². The summed E-state index contributed by atoms with van der Waals surface area (Å²) in [6.45, 7) is 8.88. The van der Waals surface area contributed by atoms with Crippen molar-refractivity contribution in [3.8, 4) is 5.75 Å². The molecule has 0 aliphatic carbocycles. The van der Waals surface area contributed by atoms with Gasteiger partial charge in [-0.2, -0.15) is 0 Å². The molecule has 1 heterocycles. The topological polar surface area (TPSA) is 77.8 Å². The number of hydrogen-bond donors (Lipinski definition) is 2. The molecule has 0 saturated heterocycles. The predicted molar refractivity (Wildman–Crippen MR) is 96.0 cm³/mol. The molecule has 1 aliphatic heterocycles. The quantitative estimate of drug-likeness (QED) is 0.613. The van der Waals surface area contributed by atoms with Gasteiger partial charge in [0.05, 0.1) is 0 Å². The molecular formula is C18H22NNaO4. The zero-order valence-electron chi connectivity index (χ0n) is 13.2. The van der Waals surface area contributed by atoms with Crippen molar-refractivity contribution in [3.05, 3.63) is 48.1 Å². The van der Waals surface area contributed by atoms with Crippen LogP contribution in [0, 0.1) is 0 Å². The maximum absolute atomic E-state index is 12.3. The third-order valence-electron chi connectivity index (χ3n) is 4.15. The van der Waals surface area contributed by atoms with Gasteiger partial charge < -0.3 is 10.2 Å². The van der Waals surface area contributed by atoms with Crippen LogP contribution in [-0.4, -0.2) is 57.7 Å². The summed E-state index contributed by atoms with van der Waals surface area (Å²) in [6.07, 6.45) is 4.97. The first-order chi connectivity index (χ1) is 10.9. The average molecular weight is 339 g/mol. The molecule has 1 aliphatic rings. The molecule has 0 radical (unpaired) electrons. The number of anilines is 1. The van der Waals surface area contributed by atoms with Crippen LogP contribution < -0.4 is 4.90 Å². The molecular weight excluding hydrogens is 317 g/mol. The first-order valence-electron chi connectivity index (χ1n) is 7.55. The van der Waals surface area contributed by atoms with Gasteiger partial charge in [-0.05, 0) is 43.4 Å². The van der Waals surface area contributed by atoms with E-state index in [-0.39, 0.29) is 47.6 Å². The second-order valence-electron chi connectivity index (χ2n) is 5.62. The molecule has 1 amide bonds. The number of hydrogen-bond acceptors (Lipinski definition) is 3. The van der Waals surface area contributed by atoms with E-state index in [2.05, 4.69) is 13.2 Å². The molecule has 1 aromatic rings. The minimum absolute atomic E-state index is 0. The summed E-state index contributed by atoms with van der Waals surface area (Å²) in [7, 11) is 0. The predicted octanol–water partition coefficient (Wildman–Crippen LogP) is 1.95. The van der Waals surface area contributed by atoms with Crippen LogP contribution >= 0.6 is 0 Å². The molecule has 6 heteroatoms. The maximum atomic E-state index is 12.3. The van der Waals surface area contributed by atoms with Gasteiger partial charge >= 0.3 is 35.5 Å². The number of carboxylic acids is 1. The summed E-state index contributed by atoms with van der Waals surface area (Å²) in [6, 6.07) is 0.745. The van der Waals surface area contributed by atoms with E-state index in [1.807, 2.05) is 0 Å². The van der Waals surface area contributed by atoms with Crippen LogP contribution in [0.2, 0.25) is 0 Å². The number of rotatable bonds is 6. The number of carbonyl (C=O) groups excluding carboxylic acids is 1. The minimum atomic E-state index is -1.06. The van der Waals surface area contributed by atoms with E-state index >= 15 is 0 Å². The monoisotopic (exact) mass is 339 g/mol. The first-order valence-corrected chi connectivity index (χ1v) is 7.55. The fourth-order valence-corrected chi connectivity index (χ4v) is 3.00. The molecule has 1 aromatic carbocycles. The standard InChI is InChI=1S/C18H21NO4.Na.H/c1-4-6-12-10-15-13(14(7-5-2)17(12)21)8-9-16(20)19(15)11(3)18(22)23;;/h4-5,10-11,21H,1-2,6-9H2,3H3,(H,22,23);;. The van der Waals surface area contributed by atoms with E-state index in [0.29, 0.717) is 36.1 Å². The van der Waals surface area contributed by atoms with Crippen LogP contribution in [-0.2, 0) is 28.9 Å². The zero-order chi connectivity index (χ0) is 17.1. The van der Waals surface area contributed by atoms with E-state index in [1.165, 1.54) is 11.8 Å². The zero-order valence-corrected chi connectivity index (χ0v) is 13.2. The van der Waals surface area contributed by atoms with Gasteiger partial charge in [0.2, 0.25) is 5.91 Å². The molecule has 0 spiro atoms. The molecule has 1 unspecified atom stereocenters. The van der Waals surface area contributed by atoms with Gasteiger partial charge in [0.25, 0.3) is 0 Å². The Balaban J connectivity index is 0.00000288. The number of carbonyl (C=O) groups is 2. The summed E-state index contributed by atoms with van der Waals surface area (Å²) in [5.74, 6) is -1.09. The summed E-state index contributed by atoms with van der Waals surface area (Å²) in [5, 5.41) is 19.8. The molecule has 0 fully saturated rings. The second kappa shape index (κ2) is 8.51. The Morgan fingerprint density at radius 1 is 1.33 bits per heavy atom. The van der Waals surface area contributed by atoms with Crippen molar-refractivity contribution < 1.29 is 19.8 Å². The molecule has 0 bridgehead atoms. The fraction of sp³-hybridized carbons (Fsp3) is 0.333. The summed E-state index contributed by atoms with van der Waals surface area (Å²) in [5.41, 5.74) is 2.74. The third-order valence-corrected chi connectivity index (χ3v) is 4.15. The van der Waals surface area contributed by atoms with E-state index < -0.39 is 12.0 Å². The van der Waals surface area contributed by atoms with Crippen LogP contribution in [0.25, 0.3) is 0 Å². The number of fused-ring (bicyclic) bond motifs is 1. The summed E-state index contributed by atoms with van der Waals surface area (Å²) >= 11 is 0. The van der Waals surface area contributed by atoms with Gasteiger partial charge in [0, 0.05) is 17.7 Å². The molecule has 1 atom stereocenters. The van der Waals surface area contributed by atoms with Crippen molar-refractivity contribution in [2.24, 2.45) is 0 Å². The number of aromatic hydroxyl groups is 1. The van der Waals surface area contributed by atoms with Crippen molar-refractivity contribution >= 4 is 47.1 Å².